The maximum absolute atomic E-state index is 13.4. The number of nitrogens with zero attached hydrogens (tertiary/aromatic N) is 3. The molecule has 0 fully saturated rings. The molecule has 1 N–H and O–H groups in total. The summed E-state index contributed by atoms with van der Waals surface area (Å²) in [6.45, 7) is 1.65. The maximum atomic E-state index is 13.4. The molecule has 32 heavy (non-hydrogen) atoms. The predicted octanol–water partition coefficient (Wildman–Crippen LogP) is 4.30. The van der Waals surface area contributed by atoms with Gasteiger partial charge in [0.05, 0.1) is 11.0 Å². The number of rotatable bonds is 9. The Bertz CT molecular complexity index is 1110. The lowest BCUT2D eigenvalue weighted by Gasteiger charge is -2.21. The minimum Gasteiger partial charge on any atom is -0.480 e. The van der Waals surface area contributed by atoms with Gasteiger partial charge in [-0.3, -0.25) is 9.59 Å². The van der Waals surface area contributed by atoms with Crippen molar-refractivity contribution >= 4 is 22.9 Å². The van der Waals surface area contributed by atoms with E-state index < -0.39 is 30.4 Å². The summed E-state index contributed by atoms with van der Waals surface area (Å²) in [4.78, 5) is 28.8. The van der Waals surface area contributed by atoms with Gasteiger partial charge < -0.3 is 14.6 Å². The number of para-hydroxylation sites is 2. The van der Waals surface area contributed by atoms with E-state index in [-0.39, 0.29) is 31.4 Å². The number of hydrogen-bond donors (Lipinski definition) is 1. The molecule has 0 aliphatic rings. The summed E-state index contributed by atoms with van der Waals surface area (Å²) in [5, 5.41) is 9.16. The van der Waals surface area contributed by atoms with Crippen LogP contribution in [-0.4, -0.2) is 44.5 Å². The molecule has 1 heterocycles. The highest BCUT2D eigenvalue weighted by molar-refractivity contribution is 5.81. The molecule has 0 spiro atoms. The Morgan fingerprint density at radius 3 is 2.56 bits per heavy atom. The first kappa shape index (κ1) is 23.3. The molecule has 9 heteroatoms. The Kier molecular flexibility index (Phi) is 7.17. The molecule has 0 radical (unpaired) electrons. The second kappa shape index (κ2) is 9.84. The SMILES string of the molecule is Cc1cccc(CCN(CC(=O)O)C(=O)CCCn2c(C(F)(F)F)nc3ccccc32)c1. The first-order valence-electron chi connectivity index (χ1n) is 10.2. The van der Waals surface area contributed by atoms with E-state index >= 15 is 0 Å². The standard InChI is InChI=1S/C23H24F3N3O3/c1-16-6-4-7-17(14-16)11-13-28(15-21(31)32)20(30)10-5-12-29-19-9-3-2-8-18(19)27-22(29)23(24,25)26/h2-4,6-9,14H,5,10-13,15H2,1H3,(H,31,32). The van der Waals surface area contributed by atoms with Crippen LogP contribution in [0.25, 0.3) is 11.0 Å². The molecule has 2 aromatic carbocycles. The average molecular weight is 447 g/mol. The average Bonchev–Trinajstić information content (AvgIpc) is 3.10. The van der Waals surface area contributed by atoms with Crippen molar-refractivity contribution in [1.82, 2.24) is 14.5 Å². The van der Waals surface area contributed by atoms with Gasteiger partial charge >= 0.3 is 12.1 Å². The van der Waals surface area contributed by atoms with Gasteiger partial charge in [0.2, 0.25) is 11.7 Å². The van der Waals surface area contributed by atoms with E-state index in [1.807, 2.05) is 31.2 Å². The number of aryl methyl sites for hydroxylation is 2. The zero-order chi connectivity index (χ0) is 23.3. The van der Waals surface area contributed by atoms with Crippen molar-refractivity contribution < 1.29 is 27.9 Å². The van der Waals surface area contributed by atoms with E-state index in [0.717, 1.165) is 15.7 Å². The number of aromatic nitrogens is 2. The number of aliphatic carboxylic acids is 1. The van der Waals surface area contributed by atoms with Crippen molar-refractivity contribution in [2.45, 2.75) is 38.9 Å². The van der Waals surface area contributed by atoms with Crippen LogP contribution in [0, 0.1) is 6.92 Å². The van der Waals surface area contributed by atoms with Gasteiger partial charge in [-0.2, -0.15) is 13.2 Å². The Morgan fingerprint density at radius 1 is 1.12 bits per heavy atom. The lowest BCUT2D eigenvalue weighted by atomic mass is 10.1. The highest BCUT2D eigenvalue weighted by Crippen LogP contribution is 2.31. The van der Waals surface area contributed by atoms with Crippen LogP contribution in [0.1, 0.15) is 29.8 Å². The van der Waals surface area contributed by atoms with Crippen molar-refractivity contribution in [1.29, 1.82) is 0 Å². The number of imidazole rings is 1. The van der Waals surface area contributed by atoms with Crippen LogP contribution in [0.3, 0.4) is 0 Å². The quantitative estimate of drug-likeness (QED) is 0.531. The molecule has 0 saturated heterocycles. The molecule has 3 rings (SSSR count). The summed E-state index contributed by atoms with van der Waals surface area (Å²) in [6, 6.07) is 14.0. The normalized spacial score (nSPS) is 11.6. The van der Waals surface area contributed by atoms with E-state index in [9.17, 15) is 22.8 Å². The molecule has 170 valence electrons. The van der Waals surface area contributed by atoms with Gasteiger partial charge in [0.25, 0.3) is 0 Å². The number of carbonyl (C=O) groups is 2. The van der Waals surface area contributed by atoms with Crippen LogP contribution in [0.5, 0.6) is 0 Å². The molecule has 0 atom stereocenters. The Labute approximate surface area is 183 Å². The second-order valence-electron chi connectivity index (χ2n) is 7.63. The topological polar surface area (TPSA) is 75.4 Å². The van der Waals surface area contributed by atoms with Crippen molar-refractivity contribution in [3.05, 3.63) is 65.5 Å². The predicted molar refractivity (Wildman–Crippen MR) is 113 cm³/mol. The highest BCUT2D eigenvalue weighted by atomic mass is 19.4. The zero-order valence-electron chi connectivity index (χ0n) is 17.6. The van der Waals surface area contributed by atoms with Gasteiger partial charge in [0.15, 0.2) is 0 Å². The van der Waals surface area contributed by atoms with Crippen LogP contribution in [0.15, 0.2) is 48.5 Å². The Morgan fingerprint density at radius 2 is 1.88 bits per heavy atom. The van der Waals surface area contributed by atoms with Crippen LogP contribution < -0.4 is 0 Å². The van der Waals surface area contributed by atoms with Crippen LogP contribution in [-0.2, 0) is 28.7 Å². The van der Waals surface area contributed by atoms with Crippen molar-refractivity contribution in [2.24, 2.45) is 0 Å². The van der Waals surface area contributed by atoms with E-state index in [1.165, 1.54) is 11.0 Å². The maximum Gasteiger partial charge on any atom is 0.449 e. The molecule has 6 nitrogen and oxygen atoms in total. The largest absolute Gasteiger partial charge is 0.480 e. The first-order valence-corrected chi connectivity index (χ1v) is 10.2. The van der Waals surface area contributed by atoms with Gasteiger partial charge in [-0.25, -0.2) is 4.98 Å². The van der Waals surface area contributed by atoms with Crippen molar-refractivity contribution in [3.8, 4) is 0 Å². The van der Waals surface area contributed by atoms with Gasteiger partial charge in [-0.05, 0) is 37.5 Å². The molecule has 3 aromatic rings. The number of fused-ring (bicyclic) bond motifs is 1. The molecule has 1 aromatic heterocycles. The third-order valence-corrected chi connectivity index (χ3v) is 5.11. The van der Waals surface area contributed by atoms with Gasteiger partial charge in [-0.1, -0.05) is 42.0 Å². The summed E-state index contributed by atoms with van der Waals surface area (Å²) >= 11 is 0. The number of carboxylic acids is 1. The number of carbonyl (C=O) groups excluding carboxylic acids is 1. The van der Waals surface area contributed by atoms with Crippen molar-refractivity contribution in [2.75, 3.05) is 13.1 Å². The molecule has 1 amide bonds. The Balaban J connectivity index is 1.67. The Hall–Kier alpha value is -3.36. The molecule has 0 bridgehead atoms. The van der Waals surface area contributed by atoms with Crippen molar-refractivity contribution in [3.63, 3.8) is 0 Å². The summed E-state index contributed by atoms with van der Waals surface area (Å²) in [5.74, 6) is -2.55. The molecular formula is C23H24F3N3O3. The fourth-order valence-electron chi connectivity index (χ4n) is 3.65. The summed E-state index contributed by atoms with van der Waals surface area (Å²) in [7, 11) is 0. The summed E-state index contributed by atoms with van der Waals surface area (Å²) in [5.41, 5.74) is 2.62. The number of hydrogen-bond acceptors (Lipinski definition) is 3. The summed E-state index contributed by atoms with van der Waals surface area (Å²) in [6.07, 6.45) is -4.06. The van der Waals surface area contributed by atoms with Crippen LogP contribution in [0.4, 0.5) is 13.2 Å². The third-order valence-electron chi connectivity index (χ3n) is 5.11. The van der Waals surface area contributed by atoms with Crippen LogP contribution >= 0.6 is 0 Å². The van der Waals surface area contributed by atoms with E-state index in [0.29, 0.717) is 11.9 Å². The fraction of sp³-hybridized carbons (Fsp3) is 0.348. The van der Waals surface area contributed by atoms with E-state index in [2.05, 4.69) is 4.98 Å². The number of amides is 1. The highest BCUT2D eigenvalue weighted by Gasteiger charge is 2.37. The van der Waals surface area contributed by atoms with Gasteiger partial charge in [0.1, 0.15) is 6.54 Å². The van der Waals surface area contributed by atoms with Crippen LogP contribution in [0.2, 0.25) is 0 Å². The monoisotopic (exact) mass is 447 g/mol. The molecule has 0 aliphatic heterocycles. The smallest absolute Gasteiger partial charge is 0.449 e. The third kappa shape index (κ3) is 5.87. The fourth-order valence-corrected chi connectivity index (χ4v) is 3.65. The number of carboxylic acid groups (broad SMARTS) is 1. The molecule has 0 aliphatic carbocycles. The molecular weight excluding hydrogens is 423 g/mol. The van der Waals surface area contributed by atoms with E-state index in [1.54, 1.807) is 18.2 Å². The van der Waals surface area contributed by atoms with E-state index in [4.69, 9.17) is 5.11 Å². The minimum atomic E-state index is -4.62. The lowest BCUT2D eigenvalue weighted by Crippen LogP contribution is -2.37. The number of halogens is 3. The van der Waals surface area contributed by atoms with Gasteiger partial charge in [-0.15, -0.1) is 0 Å². The lowest BCUT2D eigenvalue weighted by molar-refractivity contribution is -0.147. The minimum absolute atomic E-state index is 0.0557. The zero-order valence-corrected chi connectivity index (χ0v) is 17.6. The number of benzene rings is 2. The number of alkyl halides is 3. The molecule has 0 unspecified atom stereocenters. The summed E-state index contributed by atoms with van der Waals surface area (Å²) < 4.78 is 41.3. The first-order chi connectivity index (χ1) is 15.1. The molecule has 0 saturated carbocycles. The van der Waals surface area contributed by atoms with Gasteiger partial charge in [0, 0.05) is 19.5 Å². The second-order valence-corrected chi connectivity index (χ2v) is 7.63.